The Labute approximate surface area is 138 Å². The van der Waals surface area contributed by atoms with Crippen molar-refractivity contribution in [3.63, 3.8) is 0 Å². The molecule has 0 heterocycles. The minimum Gasteiger partial charge on any atom is -0.494 e. The molecular formula is C16H15F2N3OS. The second-order valence-electron chi connectivity index (χ2n) is 4.46. The highest BCUT2D eigenvalue weighted by Gasteiger charge is 2.01. The van der Waals surface area contributed by atoms with Crippen LogP contribution in [0.3, 0.4) is 0 Å². The number of hydrazone groups is 1. The first-order chi connectivity index (χ1) is 11.1. The first-order valence-corrected chi connectivity index (χ1v) is 7.27. The van der Waals surface area contributed by atoms with Crippen molar-refractivity contribution in [1.29, 1.82) is 0 Å². The van der Waals surface area contributed by atoms with E-state index in [0.29, 0.717) is 12.2 Å². The summed E-state index contributed by atoms with van der Waals surface area (Å²) >= 11 is 5.08. The lowest BCUT2D eigenvalue weighted by molar-refractivity contribution is 0.340. The van der Waals surface area contributed by atoms with Crippen LogP contribution in [0.1, 0.15) is 12.5 Å². The summed E-state index contributed by atoms with van der Waals surface area (Å²) in [5.74, 6) is -1.06. The minimum absolute atomic E-state index is 0.271. The van der Waals surface area contributed by atoms with E-state index in [1.54, 1.807) is 0 Å². The molecule has 0 spiro atoms. The zero-order valence-electron chi connectivity index (χ0n) is 12.3. The van der Waals surface area contributed by atoms with Gasteiger partial charge in [0.1, 0.15) is 5.75 Å². The van der Waals surface area contributed by atoms with E-state index in [1.807, 2.05) is 31.2 Å². The van der Waals surface area contributed by atoms with E-state index in [4.69, 9.17) is 17.0 Å². The third-order valence-electron chi connectivity index (χ3n) is 2.75. The van der Waals surface area contributed by atoms with Gasteiger partial charge in [-0.25, -0.2) is 8.78 Å². The van der Waals surface area contributed by atoms with Crippen molar-refractivity contribution < 1.29 is 13.5 Å². The van der Waals surface area contributed by atoms with E-state index in [9.17, 15) is 8.78 Å². The maximum Gasteiger partial charge on any atom is 0.191 e. The largest absolute Gasteiger partial charge is 0.494 e. The quantitative estimate of drug-likeness (QED) is 0.497. The fraction of sp³-hybridized carbons (Fsp3) is 0.125. The van der Waals surface area contributed by atoms with Crippen molar-refractivity contribution in [3.8, 4) is 5.75 Å². The Hall–Kier alpha value is -2.54. The third-order valence-corrected chi connectivity index (χ3v) is 2.94. The smallest absolute Gasteiger partial charge is 0.191 e. The first-order valence-electron chi connectivity index (χ1n) is 6.86. The van der Waals surface area contributed by atoms with Crippen LogP contribution in [-0.2, 0) is 0 Å². The van der Waals surface area contributed by atoms with Crippen LogP contribution in [0.5, 0.6) is 5.75 Å². The van der Waals surface area contributed by atoms with Crippen LogP contribution in [0, 0.1) is 11.6 Å². The van der Waals surface area contributed by atoms with Gasteiger partial charge in [-0.1, -0.05) is 6.07 Å². The van der Waals surface area contributed by atoms with Crippen LogP contribution >= 0.6 is 12.2 Å². The highest BCUT2D eigenvalue weighted by Crippen LogP contribution is 2.15. The van der Waals surface area contributed by atoms with Crippen molar-refractivity contribution in [1.82, 2.24) is 5.43 Å². The second kappa shape index (κ2) is 8.19. The first kappa shape index (κ1) is 16.8. The Kier molecular flexibility index (Phi) is 5.99. The van der Waals surface area contributed by atoms with Crippen molar-refractivity contribution in [2.24, 2.45) is 5.10 Å². The van der Waals surface area contributed by atoms with E-state index in [0.717, 1.165) is 23.6 Å². The van der Waals surface area contributed by atoms with Gasteiger partial charge in [0, 0.05) is 5.69 Å². The van der Waals surface area contributed by atoms with Gasteiger partial charge in [-0.2, -0.15) is 5.10 Å². The minimum atomic E-state index is -0.927. The van der Waals surface area contributed by atoms with Crippen molar-refractivity contribution >= 4 is 29.2 Å². The number of halogens is 2. The summed E-state index contributed by atoms with van der Waals surface area (Å²) in [7, 11) is 0. The van der Waals surface area contributed by atoms with Gasteiger partial charge >= 0.3 is 0 Å². The number of nitrogens with zero attached hydrogens (tertiary/aromatic N) is 1. The summed E-state index contributed by atoms with van der Waals surface area (Å²) in [6.07, 6.45) is 1.34. The normalized spacial score (nSPS) is 10.6. The highest BCUT2D eigenvalue weighted by molar-refractivity contribution is 7.80. The zero-order chi connectivity index (χ0) is 16.7. The van der Waals surface area contributed by atoms with Crippen LogP contribution in [0.4, 0.5) is 14.5 Å². The van der Waals surface area contributed by atoms with E-state index < -0.39 is 11.6 Å². The topological polar surface area (TPSA) is 45.6 Å². The molecule has 0 fully saturated rings. The molecule has 7 heteroatoms. The maximum absolute atomic E-state index is 13.0. The number of anilines is 1. The van der Waals surface area contributed by atoms with E-state index in [1.165, 1.54) is 12.3 Å². The standard InChI is InChI=1S/C16H15F2N3OS/c1-2-22-13-6-4-12(5-7-13)20-16(23)21-19-10-11-3-8-14(17)15(18)9-11/h3-10H,2H2,1H3,(H2,20,21,23). The van der Waals surface area contributed by atoms with Gasteiger partial charge in [0.05, 0.1) is 12.8 Å². The van der Waals surface area contributed by atoms with Crippen LogP contribution in [0.15, 0.2) is 47.6 Å². The van der Waals surface area contributed by atoms with Gasteiger partial charge in [0.25, 0.3) is 0 Å². The fourth-order valence-electron chi connectivity index (χ4n) is 1.72. The fourth-order valence-corrected chi connectivity index (χ4v) is 1.89. The number of nitrogens with one attached hydrogen (secondary N) is 2. The highest BCUT2D eigenvalue weighted by atomic mass is 32.1. The molecule has 0 saturated carbocycles. The number of ether oxygens (including phenoxy) is 1. The van der Waals surface area contributed by atoms with Crippen molar-refractivity contribution in [3.05, 3.63) is 59.7 Å². The molecule has 0 aliphatic carbocycles. The summed E-state index contributed by atoms with van der Waals surface area (Å²) < 4.78 is 31.2. The molecule has 2 aromatic rings. The number of benzene rings is 2. The molecule has 2 rings (SSSR count). The molecule has 0 aliphatic rings. The Balaban J connectivity index is 1.86. The molecule has 0 atom stereocenters. The van der Waals surface area contributed by atoms with E-state index in [-0.39, 0.29) is 5.11 Å². The Bertz CT molecular complexity index is 705. The molecule has 2 aromatic carbocycles. The van der Waals surface area contributed by atoms with Gasteiger partial charge in [-0.15, -0.1) is 0 Å². The predicted molar refractivity (Wildman–Crippen MR) is 90.9 cm³/mol. The number of hydrogen-bond donors (Lipinski definition) is 2. The van der Waals surface area contributed by atoms with Crippen molar-refractivity contribution in [2.75, 3.05) is 11.9 Å². The van der Waals surface area contributed by atoms with Gasteiger partial charge in [0.2, 0.25) is 0 Å². The summed E-state index contributed by atoms with van der Waals surface area (Å²) in [6.45, 7) is 2.52. The SMILES string of the molecule is CCOc1ccc(NC(=S)NN=Cc2ccc(F)c(F)c2)cc1. The maximum atomic E-state index is 13.0. The summed E-state index contributed by atoms with van der Waals surface area (Å²) in [5.41, 5.74) is 3.78. The van der Waals surface area contributed by atoms with Gasteiger partial charge < -0.3 is 10.1 Å². The molecule has 0 amide bonds. The molecule has 2 N–H and O–H groups in total. The number of rotatable bonds is 5. The molecule has 23 heavy (non-hydrogen) atoms. The monoisotopic (exact) mass is 335 g/mol. The van der Waals surface area contributed by atoms with Gasteiger partial charge in [-0.3, -0.25) is 5.43 Å². The second-order valence-corrected chi connectivity index (χ2v) is 4.86. The lowest BCUT2D eigenvalue weighted by Gasteiger charge is -2.08. The Morgan fingerprint density at radius 1 is 1.17 bits per heavy atom. The van der Waals surface area contributed by atoms with Crippen LogP contribution in [0.2, 0.25) is 0 Å². The lowest BCUT2D eigenvalue weighted by atomic mass is 10.2. The number of hydrogen-bond acceptors (Lipinski definition) is 3. The molecule has 0 radical (unpaired) electrons. The average Bonchev–Trinajstić information content (AvgIpc) is 2.53. The van der Waals surface area contributed by atoms with E-state index >= 15 is 0 Å². The summed E-state index contributed by atoms with van der Waals surface area (Å²) in [6, 6.07) is 10.8. The number of thiocarbonyl (C=S) groups is 1. The van der Waals surface area contributed by atoms with Gasteiger partial charge in [0.15, 0.2) is 16.7 Å². The predicted octanol–water partition coefficient (Wildman–Crippen LogP) is 3.68. The molecule has 0 saturated heterocycles. The average molecular weight is 335 g/mol. The summed E-state index contributed by atoms with van der Waals surface area (Å²) in [4.78, 5) is 0. The zero-order valence-corrected chi connectivity index (χ0v) is 13.2. The Morgan fingerprint density at radius 3 is 2.57 bits per heavy atom. The Morgan fingerprint density at radius 2 is 1.91 bits per heavy atom. The van der Waals surface area contributed by atoms with E-state index in [2.05, 4.69) is 15.8 Å². The van der Waals surface area contributed by atoms with Crippen molar-refractivity contribution in [2.45, 2.75) is 6.92 Å². The molecule has 120 valence electrons. The molecule has 0 unspecified atom stereocenters. The molecule has 4 nitrogen and oxygen atoms in total. The molecule has 0 aliphatic heterocycles. The molecule has 0 bridgehead atoms. The molecular weight excluding hydrogens is 320 g/mol. The lowest BCUT2D eigenvalue weighted by Crippen LogP contribution is -2.23. The van der Waals surface area contributed by atoms with Gasteiger partial charge in [-0.05, 0) is 61.1 Å². The summed E-state index contributed by atoms with van der Waals surface area (Å²) in [5, 5.41) is 7.07. The van der Waals surface area contributed by atoms with Crippen LogP contribution in [0.25, 0.3) is 0 Å². The molecule has 0 aromatic heterocycles. The van der Waals surface area contributed by atoms with Crippen LogP contribution < -0.4 is 15.5 Å². The van der Waals surface area contributed by atoms with Crippen LogP contribution in [-0.4, -0.2) is 17.9 Å². The third kappa shape index (κ3) is 5.30.